The molecule has 0 saturated carbocycles. The van der Waals surface area contributed by atoms with E-state index in [-0.39, 0.29) is 5.75 Å². The fraction of sp³-hybridized carbons (Fsp3) is 0.417. The van der Waals surface area contributed by atoms with E-state index < -0.39 is 5.97 Å². The first kappa shape index (κ1) is 13.8. The third kappa shape index (κ3) is 3.45. The number of carbonyl (C=O) groups is 1. The highest BCUT2D eigenvalue weighted by Crippen LogP contribution is 2.23. The Bertz CT molecular complexity index is 570. The van der Waals surface area contributed by atoms with Crippen molar-refractivity contribution in [1.82, 2.24) is 14.5 Å². The van der Waals surface area contributed by atoms with Crippen molar-refractivity contribution >= 4 is 28.8 Å². The van der Waals surface area contributed by atoms with E-state index in [2.05, 4.69) is 9.97 Å². The molecule has 2 rings (SSSR count). The fourth-order valence-corrected chi connectivity index (χ4v) is 2.47. The van der Waals surface area contributed by atoms with Crippen LogP contribution >= 0.6 is 11.8 Å². The minimum absolute atomic E-state index is 0.00855. The number of pyridine rings is 1. The summed E-state index contributed by atoms with van der Waals surface area (Å²) < 4.78 is 7.32. The minimum Gasteiger partial charge on any atom is -0.481 e. The van der Waals surface area contributed by atoms with Gasteiger partial charge in [0, 0.05) is 19.3 Å². The predicted octanol–water partition coefficient (Wildman–Crippen LogP) is 1.64. The number of nitrogens with zero attached hydrogens (tertiary/aromatic N) is 3. The fourth-order valence-electron chi connectivity index (χ4n) is 1.71. The second-order valence-electron chi connectivity index (χ2n) is 3.79. The number of aromatic nitrogens is 3. The molecule has 0 atom stereocenters. The maximum atomic E-state index is 10.7. The summed E-state index contributed by atoms with van der Waals surface area (Å²) in [7, 11) is 0. The van der Waals surface area contributed by atoms with E-state index >= 15 is 0 Å². The molecule has 0 saturated heterocycles. The van der Waals surface area contributed by atoms with E-state index in [0.717, 1.165) is 11.0 Å². The van der Waals surface area contributed by atoms with Crippen LogP contribution in [0.4, 0.5) is 0 Å². The van der Waals surface area contributed by atoms with Crippen LogP contribution in [0.3, 0.4) is 0 Å². The number of carboxylic acids is 1. The van der Waals surface area contributed by atoms with Gasteiger partial charge in [0.1, 0.15) is 5.52 Å². The lowest BCUT2D eigenvalue weighted by Crippen LogP contribution is -2.08. The number of fused-ring (bicyclic) bond motifs is 1. The SMILES string of the molecule is CCOCCn1c(SCC(=O)O)nc2cnccc21. The number of hydrogen-bond donors (Lipinski definition) is 1. The van der Waals surface area contributed by atoms with Gasteiger partial charge in [-0.05, 0) is 13.0 Å². The summed E-state index contributed by atoms with van der Waals surface area (Å²) in [6.07, 6.45) is 3.38. The van der Waals surface area contributed by atoms with E-state index in [1.165, 1.54) is 11.8 Å². The zero-order valence-corrected chi connectivity index (χ0v) is 11.4. The standard InChI is InChI=1S/C12H15N3O3S/c1-2-18-6-5-15-10-3-4-13-7-9(10)14-12(15)19-8-11(16)17/h3-4,7H,2,5-6,8H2,1H3,(H,16,17). The molecule has 2 heterocycles. The number of ether oxygens (including phenoxy) is 1. The molecule has 2 aromatic heterocycles. The lowest BCUT2D eigenvalue weighted by atomic mass is 10.4. The van der Waals surface area contributed by atoms with Crippen molar-refractivity contribution in [2.45, 2.75) is 18.6 Å². The topological polar surface area (TPSA) is 77.2 Å². The van der Waals surface area contributed by atoms with Crippen LogP contribution in [0.25, 0.3) is 11.0 Å². The largest absolute Gasteiger partial charge is 0.481 e. The highest BCUT2D eigenvalue weighted by Gasteiger charge is 2.12. The molecule has 0 unspecified atom stereocenters. The number of carboxylic acid groups (broad SMARTS) is 1. The predicted molar refractivity (Wildman–Crippen MR) is 72.4 cm³/mol. The van der Waals surface area contributed by atoms with Crippen LogP contribution in [-0.4, -0.2) is 44.6 Å². The molecule has 0 aliphatic heterocycles. The number of rotatable bonds is 7. The highest BCUT2D eigenvalue weighted by atomic mass is 32.2. The molecule has 2 aromatic rings. The van der Waals surface area contributed by atoms with Gasteiger partial charge in [0.15, 0.2) is 5.16 Å². The Labute approximate surface area is 114 Å². The van der Waals surface area contributed by atoms with Crippen molar-refractivity contribution in [1.29, 1.82) is 0 Å². The van der Waals surface area contributed by atoms with E-state index in [9.17, 15) is 4.79 Å². The lowest BCUT2D eigenvalue weighted by molar-refractivity contribution is -0.133. The molecule has 102 valence electrons. The van der Waals surface area contributed by atoms with Gasteiger partial charge in [-0.3, -0.25) is 9.78 Å². The Hall–Kier alpha value is -1.60. The van der Waals surface area contributed by atoms with Gasteiger partial charge in [0.25, 0.3) is 0 Å². The second-order valence-corrected chi connectivity index (χ2v) is 4.73. The highest BCUT2D eigenvalue weighted by molar-refractivity contribution is 7.99. The van der Waals surface area contributed by atoms with Crippen LogP contribution in [0.15, 0.2) is 23.6 Å². The summed E-state index contributed by atoms with van der Waals surface area (Å²) in [6.45, 7) is 3.82. The number of imidazole rings is 1. The van der Waals surface area contributed by atoms with Crippen molar-refractivity contribution in [3.05, 3.63) is 18.5 Å². The van der Waals surface area contributed by atoms with Crippen molar-refractivity contribution in [3.8, 4) is 0 Å². The van der Waals surface area contributed by atoms with Crippen LogP contribution in [0.5, 0.6) is 0 Å². The summed E-state index contributed by atoms with van der Waals surface area (Å²) in [5.74, 6) is -0.864. The molecule has 0 aliphatic rings. The molecule has 0 fully saturated rings. The Morgan fingerprint density at radius 1 is 1.58 bits per heavy atom. The van der Waals surface area contributed by atoms with Gasteiger partial charge in [-0.1, -0.05) is 11.8 Å². The molecule has 6 nitrogen and oxygen atoms in total. The van der Waals surface area contributed by atoms with Crippen LogP contribution in [0.2, 0.25) is 0 Å². The van der Waals surface area contributed by atoms with Crippen LogP contribution in [0, 0.1) is 0 Å². The molecular weight excluding hydrogens is 266 g/mol. The molecule has 1 N–H and O–H groups in total. The van der Waals surface area contributed by atoms with E-state index in [1.807, 2.05) is 17.6 Å². The summed E-state index contributed by atoms with van der Waals surface area (Å²) in [5, 5.41) is 9.45. The zero-order chi connectivity index (χ0) is 13.7. The monoisotopic (exact) mass is 281 g/mol. The summed E-state index contributed by atoms with van der Waals surface area (Å²) in [5.41, 5.74) is 1.72. The maximum absolute atomic E-state index is 10.7. The average Bonchev–Trinajstić information content (AvgIpc) is 2.75. The Morgan fingerprint density at radius 2 is 2.42 bits per heavy atom. The number of hydrogen-bond acceptors (Lipinski definition) is 5. The van der Waals surface area contributed by atoms with Gasteiger partial charge >= 0.3 is 5.97 Å². The third-order valence-electron chi connectivity index (χ3n) is 2.50. The van der Waals surface area contributed by atoms with Gasteiger partial charge < -0.3 is 14.4 Å². The average molecular weight is 281 g/mol. The first-order chi connectivity index (χ1) is 9.22. The Balaban J connectivity index is 2.26. The molecule has 19 heavy (non-hydrogen) atoms. The lowest BCUT2D eigenvalue weighted by Gasteiger charge is -2.07. The minimum atomic E-state index is -0.855. The molecule has 0 aromatic carbocycles. The van der Waals surface area contributed by atoms with Crippen molar-refractivity contribution in [2.75, 3.05) is 19.0 Å². The zero-order valence-electron chi connectivity index (χ0n) is 10.6. The van der Waals surface area contributed by atoms with Crippen LogP contribution < -0.4 is 0 Å². The Morgan fingerprint density at radius 3 is 3.16 bits per heavy atom. The van der Waals surface area contributed by atoms with Crippen LogP contribution in [0.1, 0.15) is 6.92 Å². The van der Waals surface area contributed by atoms with Gasteiger partial charge in [0.05, 0.1) is 24.1 Å². The summed E-state index contributed by atoms with van der Waals surface area (Å²) >= 11 is 1.21. The number of aliphatic carboxylic acids is 1. The van der Waals surface area contributed by atoms with Gasteiger partial charge in [-0.25, -0.2) is 4.98 Å². The van der Waals surface area contributed by atoms with Gasteiger partial charge in [-0.2, -0.15) is 0 Å². The molecule has 0 amide bonds. The quantitative estimate of drug-likeness (QED) is 0.614. The van der Waals surface area contributed by atoms with E-state index in [4.69, 9.17) is 9.84 Å². The Kier molecular flexibility index (Phi) is 4.75. The molecule has 0 bridgehead atoms. The molecule has 0 radical (unpaired) electrons. The molecule has 7 heteroatoms. The van der Waals surface area contributed by atoms with Crippen molar-refractivity contribution in [3.63, 3.8) is 0 Å². The second kappa shape index (κ2) is 6.53. The third-order valence-corrected chi connectivity index (χ3v) is 3.46. The smallest absolute Gasteiger partial charge is 0.313 e. The van der Waals surface area contributed by atoms with Crippen molar-refractivity contribution in [2.24, 2.45) is 0 Å². The maximum Gasteiger partial charge on any atom is 0.313 e. The van der Waals surface area contributed by atoms with E-state index in [1.54, 1.807) is 12.4 Å². The molecular formula is C12H15N3O3S. The molecule has 0 aliphatic carbocycles. The van der Waals surface area contributed by atoms with Crippen molar-refractivity contribution < 1.29 is 14.6 Å². The number of thioether (sulfide) groups is 1. The normalized spacial score (nSPS) is 11.0. The van der Waals surface area contributed by atoms with E-state index in [0.29, 0.717) is 24.9 Å². The first-order valence-corrected chi connectivity index (χ1v) is 6.93. The van der Waals surface area contributed by atoms with Gasteiger partial charge in [-0.15, -0.1) is 0 Å². The summed E-state index contributed by atoms with van der Waals surface area (Å²) in [6, 6.07) is 1.87. The van der Waals surface area contributed by atoms with Gasteiger partial charge in [0.2, 0.25) is 0 Å². The first-order valence-electron chi connectivity index (χ1n) is 5.95. The summed E-state index contributed by atoms with van der Waals surface area (Å²) in [4.78, 5) is 19.1. The van der Waals surface area contributed by atoms with Crippen LogP contribution in [-0.2, 0) is 16.1 Å². The molecule has 0 spiro atoms.